The smallest absolute Gasteiger partial charge is 0.246 e. The lowest BCUT2D eigenvalue weighted by Crippen LogP contribution is -2.28. The Morgan fingerprint density at radius 3 is 2.64 bits per heavy atom. The summed E-state index contributed by atoms with van der Waals surface area (Å²) in [4.78, 5) is 11.1. The second-order valence-electron chi connectivity index (χ2n) is 3.13. The van der Waals surface area contributed by atoms with E-state index < -0.39 is 0 Å². The number of methoxy groups -OCH3 is 1. The molecular formula is C10H19NO3. The summed E-state index contributed by atoms with van der Waals surface area (Å²) in [6, 6.07) is 0. The van der Waals surface area contributed by atoms with Crippen molar-refractivity contribution in [3.63, 3.8) is 0 Å². The van der Waals surface area contributed by atoms with E-state index in [-0.39, 0.29) is 12.5 Å². The SMILES string of the molecule is COCCOCC(=O)NCC=C(C)C. The van der Waals surface area contributed by atoms with E-state index >= 15 is 0 Å². The normalized spacial score (nSPS) is 9.64. The minimum absolute atomic E-state index is 0.0972. The Labute approximate surface area is 85.3 Å². The Morgan fingerprint density at radius 1 is 1.36 bits per heavy atom. The standard InChI is InChI=1S/C10H19NO3/c1-9(2)4-5-11-10(12)8-14-7-6-13-3/h4H,5-8H2,1-3H3,(H,11,12). The quantitative estimate of drug-likeness (QED) is 0.488. The van der Waals surface area contributed by atoms with Crippen molar-refractivity contribution in [2.24, 2.45) is 0 Å². The van der Waals surface area contributed by atoms with Gasteiger partial charge in [0.2, 0.25) is 5.91 Å². The Kier molecular flexibility index (Phi) is 8.17. The summed E-state index contributed by atoms with van der Waals surface area (Å²) >= 11 is 0. The molecular weight excluding hydrogens is 182 g/mol. The maximum Gasteiger partial charge on any atom is 0.246 e. The molecule has 0 unspecified atom stereocenters. The highest BCUT2D eigenvalue weighted by Gasteiger charge is 1.98. The van der Waals surface area contributed by atoms with Crippen LogP contribution in [0, 0.1) is 0 Å². The third-order valence-corrected chi connectivity index (χ3v) is 1.47. The molecule has 1 N–H and O–H groups in total. The molecule has 0 aromatic rings. The van der Waals surface area contributed by atoms with Gasteiger partial charge in [-0.1, -0.05) is 11.6 Å². The van der Waals surface area contributed by atoms with Crippen molar-refractivity contribution in [2.75, 3.05) is 33.5 Å². The predicted octanol–water partition coefficient (Wildman–Crippen LogP) is 0.732. The Hall–Kier alpha value is -0.870. The third-order valence-electron chi connectivity index (χ3n) is 1.47. The lowest BCUT2D eigenvalue weighted by molar-refractivity contribution is -0.125. The van der Waals surface area contributed by atoms with Gasteiger partial charge in [-0.2, -0.15) is 0 Å². The molecule has 0 aliphatic heterocycles. The average molecular weight is 201 g/mol. The molecule has 82 valence electrons. The van der Waals surface area contributed by atoms with Crippen LogP contribution < -0.4 is 5.32 Å². The van der Waals surface area contributed by atoms with E-state index in [9.17, 15) is 4.79 Å². The fraction of sp³-hybridized carbons (Fsp3) is 0.700. The van der Waals surface area contributed by atoms with Crippen LogP contribution in [-0.4, -0.2) is 39.4 Å². The lowest BCUT2D eigenvalue weighted by Gasteiger charge is -2.03. The highest BCUT2D eigenvalue weighted by molar-refractivity contribution is 5.77. The molecule has 0 aliphatic carbocycles. The molecule has 1 amide bonds. The minimum atomic E-state index is -0.0985. The fourth-order valence-corrected chi connectivity index (χ4v) is 0.727. The first-order valence-electron chi connectivity index (χ1n) is 4.63. The van der Waals surface area contributed by atoms with Crippen molar-refractivity contribution in [1.29, 1.82) is 0 Å². The molecule has 0 fully saturated rings. The van der Waals surface area contributed by atoms with Gasteiger partial charge in [0.15, 0.2) is 0 Å². The topological polar surface area (TPSA) is 47.6 Å². The van der Waals surface area contributed by atoms with E-state index in [4.69, 9.17) is 9.47 Å². The van der Waals surface area contributed by atoms with E-state index in [1.807, 2.05) is 19.9 Å². The molecule has 0 aliphatic rings. The van der Waals surface area contributed by atoms with Crippen molar-refractivity contribution in [2.45, 2.75) is 13.8 Å². The van der Waals surface area contributed by atoms with Crippen LogP contribution in [0.15, 0.2) is 11.6 Å². The van der Waals surface area contributed by atoms with Gasteiger partial charge in [0.05, 0.1) is 13.2 Å². The predicted molar refractivity (Wildman–Crippen MR) is 55.1 cm³/mol. The summed E-state index contributed by atoms with van der Waals surface area (Å²) in [5, 5.41) is 2.71. The van der Waals surface area contributed by atoms with Crippen LogP contribution in [0.5, 0.6) is 0 Å². The maximum atomic E-state index is 11.1. The molecule has 0 saturated heterocycles. The van der Waals surface area contributed by atoms with E-state index in [1.54, 1.807) is 7.11 Å². The number of amides is 1. The molecule has 0 atom stereocenters. The first kappa shape index (κ1) is 13.1. The van der Waals surface area contributed by atoms with Crippen LogP contribution in [0.4, 0.5) is 0 Å². The number of hydrogen-bond acceptors (Lipinski definition) is 3. The van der Waals surface area contributed by atoms with E-state index in [1.165, 1.54) is 5.57 Å². The average Bonchev–Trinajstić information content (AvgIpc) is 2.12. The number of carbonyl (C=O) groups excluding carboxylic acids is 1. The molecule has 14 heavy (non-hydrogen) atoms. The minimum Gasteiger partial charge on any atom is -0.382 e. The van der Waals surface area contributed by atoms with Crippen LogP contribution >= 0.6 is 0 Å². The number of rotatable bonds is 7. The van der Waals surface area contributed by atoms with Gasteiger partial charge >= 0.3 is 0 Å². The van der Waals surface area contributed by atoms with E-state index in [2.05, 4.69) is 5.32 Å². The van der Waals surface area contributed by atoms with Crippen LogP contribution in [0.1, 0.15) is 13.8 Å². The Balaban J connectivity index is 3.33. The number of hydrogen-bond donors (Lipinski definition) is 1. The zero-order valence-electron chi connectivity index (χ0n) is 9.13. The number of nitrogens with one attached hydrogen (secondary N) is 1. The summed E-state index contributed by atoms with van der Waals surface area (Å²) in [5.41, 5.74) is 1.19. The molecule has 0 bridgehead atoms. The fourth-order valence-electron chi connectivity index (χ4n) is 0.727. The largest absolute Gasteiger partial charge is 0.382 e. The van der Waals surface area contributed by atoms with Crippen molar-refractivity contribution < 1.29 is 14.3 Å². The highest BCUT2D eigenvalue weighted by atomic mass is 16.5. The van der Waals surface area contributed by atoms with Gasteiger partial charge < -0.3 is 14.8 Å². The summed E-state index contributed by atoms with van der Waals surface area (Å²) in [6.45, 7) is 5.60. The van der Waals surface area contributed by atoms with Gasteiger partial charge in [-0.25, -0.2) is 0 Å². The molecule has 0 radical (unpaired) electrons. The van der Waals surface area contributed by atoms with Crippen molar-refractivity contribution in [3.05, 3.63) is 11.6 Å². The van der Waals surface area contributed by atoms with Crippen molar-refractivity contribution in [3.8, 4) is 0 Å². The van der Waals surface area contributed by atoms with Crippen molar-refractivity contribution >= 4 is 5.91 Å². The van der Waals surface area contributed by atoms with Gasteiger partial charge in [0.1, 0.15) is 6.61 Å². The molecule has 0 spiro atoms. The number of allylic oxidation sites excluding steroid dienone is 1. The summed E-state index contributed by atoms with van der Waals surface area (Å²) < 4.78 is 9.81. The zero-order valence-corrected chi connectivity index (χ0v) is 9.13. The van der Waals surface area contributed by atoms with Gasteiger partial charge in [-0.15, -0.1) is 0 Å². The molecule has 0 aromatic carbocycles. The van der Waals surface area contributed by atoms with Crippen LogP contribution in [-0.2, 0) is 14.3 Å². The van der Waals surface area contributed by atoms with E-state index in [0.29, 0.717) is 19.8 Å². The molecule has 0 saturated carbocycles. The second-order valence-corrected chi connectivity index (χ2v) is 3.13. The highest BCUT2D eigenvalue weighted by Crippen LogP contribution is 1.85. The van der Waals surface area contributed by atoms with Crippen LogP contribution in [0.3, 0.4) is 0 Å². The Morgan fingerprint density at radius 2 is 2.07 bits per heavy atom. The second kappa shape index (κ2) is 8.72. The number of carbonyl (C=O) groups is 1. The van der Waals surface area contributed by atoms with Crippen LogP contribution in [0.2, 0.25) is 0 Å². The van der Waals surface area contributed by atoms with Crippen molar-refractivity contribution in [1.82, 2.24) is 5.32 Å². The monoisotopic (exact) mass is 201 g/mol. The van der Waals surface area contributed by atoms with E-state index in [0.717, 1.165) is 0 Å². The van der Waals surface area contributed by atoms with Gasteiger partial charge in [0, 0.05) is 13.7 Å². The molecule has 0 rings (SSSR count). The molecule has 0 aromatic heterocycles. The van der Waals surface area contributed by atoms with Gasteiger partial charge in [-0.05, 0) is 13.8 Å². The van der Waals surface area contributed by atoms with Crippen LogP contribution in [0.25, 0.3) is 0 Å². The molecule has 0 heterocycles. The summed E-state index contributed by atoms with van der Waals surface area (Å²) in [7, 11) is 1.60. The first-order chi connectivity index (χ1) is 6.66. The summed E-state index contributed by atoms with van der Waals surface area (Å²) in [6.07, 6.45) is 1.95. The first-order valence-corrected chi connectivity index (χ1v) is 4.63. The third kappa shape index (κ3) is 9.22. The molecule has 4 nitrogen and oxygen atoms in total. The molecule has 4 heteroatoms. The van der Waals surface area contributed by atoms with Gasteiger partial charge in [0.25, 0.3) is 0 Å². The zero-order chi connectivity index (χ0) is 10.8. The number of ether oxygens (including phenoxy) is 2. The van der Waals surface area contributed by atoms with Gasteiger partial charge in [-0.3, -0.25) is 4.79 Å². The summed E-state index contributed by atoms with van der Waals surface area (Å²) in [5.74, 6) is -0.0985. The Bertz CT molecular complexity index is 186. The lowest BCUT2D eigenvalue weighted by atomic mass is 10.3. The maximum absolute atomic E-state index is 11.1.